The van der Waals surface area contributed by atoms with Crippen LogP contribution in [0.1, 0.15) is 20.8 Å². The van der Waals surface area contributed by atoms with Crippen LogP contribution in [0.15, 0.2) is 18.5 Å². The summed E-state index contributed by atoms with van der Waals surface area (Å²) in [5.74, 6) is 1.05. The third-order valence-corrected chi connectivity index (χ3v) is 2.97. The van der Waals surface area contributed by atoms with Gasteiger partial charge in [0.25, 0.3) is 0 Å². The van der Waals surface area contributed by atoms with Crippen LogP contribution in [-0.4, -0.2) is 39.6 Å². The highest BCUT2D eigenvalue weighted by Crippen LogP contribution is 2.19. The van der Waals surface area contributed by atoms with Gasteiger partial charge in [0, 0.05) is 31.4 Å². The third kappa shape index (κ3) is 3.62. The predicted molar refractivity (Wildman–Crippen MR) is 80.7 cm³/mol. The molecule has 0 aromatic carbocycles. The van der Waals surface area contributed by atoms with Crippen LogP contribution in [0.3, 0.4) is 0 Å². The van der Waals surface area contributed by atoms with Gasteiger partial charge in [-0.1, -0.05) is 0 Å². The molecule has 2 aromatic rings. The predicted octanol–water partition coefficient (Wildman–Crippen LogP) is 2.35. The van der Waals surface area contributed by atoms with Crippen molar-refractivity contribution in [3.8, 4) is 11.4 Å². The summed E-state index contributed by atoms with van der Waals surface area (Å²) in [5.41, 5.74) is 0.532. The maximum Gasteiger partial charge on any atom is 0.230 e. The summed E-state index contributed by atoms with van der Waals surface area (Å²) in [4.78, 5) is 19.0. The number of hydrogen-bond donors (Lipinski definition) is 1. The highest BCUT2D eigenvalue weighted by molar-refractivity contribution is 5.57. The fraction of sp³-hybridized carbons (Fsp3) is 0.429. The molecule has 6 nitrogen and oxygen atoms in total. The molecular weight excluding hydrogens is 271 g/mol. The van der Waals surface area contributed by atoms with Gasteiger partial charge in [-0.15, -0.1) is 0 Å². The lowest BCUT2D eigenvalue weighted by Crippen LogP contribution is -2.25. The van der Waals surface area contributed by atoms with Crippen molar-refractivity contribution in [3.05, 3.63) is 24.3 Å². The summed E-state index contributed by atoms with van der Waals surface area (Å²) in [7, 11) is 0. The van der Waals surface area contributed by atoms with E-state index in [1.807, 2.05) is 25.7 Å². The van der Waals surface area contributed by atoms with E-state index in [0.717, 1.165) is 19.3 Å². The summed E-state index contributed by atoms with van der Waals surface area (Å²) in [6.45, 7) is 8.29. The van der Waals surface area contributed by atoms with Gasteiger partial charge in [-0.25, -0.2) is 4.39 Å². The molecule has 0 aliphatic rings. The third-order valence-electron chi connectivity index (χ3n) is 2.97. The van der Waals surface area contributed by atoms with E-state index in [1.54, 1.807) is 6.20 Å². The van der Waals surface area contributed by atoms with Gasteiger partial charge in [-0.2, -0.15) is 15.0 Å². The number of rotatable bonds is 6. The van der Waals surface area contributed by atoms with Gasteiger partial charge in [-0.05, 0) is 26.8 Å². The molecule has 0 unspecified atom stereocenters. The van der Waals surface area contributed by atoms with E-state index < -0.39 is 5.82 Å². The minimum atomic E-state index is -0.415. The molecule has 112 valence electrons. The molecule has 0 radical (unpaired) electrons. The summed E-state index contributed by atoms with van der Waals surface area (Å²) < 4.78 is 13.3. The quantitative estimate of drug-likeness (QED) is 0.881. The van der Waals surface area contributed by atoms with E-state index in [0.29, 0.717) is 29.8 Å². The van der Waals surface area contributed by atoms with Gasteiger partial charge in [0.1, 0.15) is 5.82 Å². The Morgan fingerprint density at radius 3 is 2.48 bits per heavy atom. The first kappa shape index (κ1) is 15.1. The van der Waals surface area contributed by atoms with Crippen LogP contribution >= 0.6 is 0 Å². The summed E-state index contributed by atoms with van der Waals surface area (Å²) in [5, 5.41) is 3.07. The zero-order chi connectivity index (χ0) is 15.2. The lowest BCUT2D eigenvalue weighted by atomic mass is 10.2. The van der Waals surface area contributed by atoms with E-state index >= 15 is 0 Å². The van der Waals surface area contributed by atoms with Crippen molar-refractivity contribution >= 4 is 11.9 Å². The molecule has 2 heterocycles. The molecule has 0 fully saturated rings. The van der Waals surface area contributed by atoms with Crippen LogP contribution in [-0.2, 0) is 0 Å². The number of halogens is 1. The van der Waals surface area contributed by atoms with E-state index in [2.05, 4.69) is 25.3 Å². The van der Waals surface area contributed by atoms with Crippen molar-refractivity contribution in [2.45, 2.75) is 20.8 Å². The van der Waals surface area contributed by atoms with Crippen LogP contribution in [0.2, 0.25) is 0 Å². The zero-order valence-electron chi connectivity index (χ0n) is 12.5. The second-order valence-corrected chi connectivity index (χ2v) is 4.38. The average Bonchev–Trinajstić information content (AvgIpc) is 2.49. The Morgan fingerprint density at radius 2 is 1.86 bits per heavy atom. The van der Waals surface area contributed by atoms with Crippen molar-refractivity contribution in [1.82, 2.24) is 19.9 Å². The van der Waals surface area contributed by atoms with Gasteiger partial charge in [0.05, 0.1) is 6.20 Å². The smallest absolute Gasteiger partial charge is 0.230 e. The summed E-state index contributed by atoms with van der Waals surface area (Å²) in [6.07, 6.45) is 2.70. The zero-order valence-corrected chi connectivity index (χ0v) is 12.5. The fourth-order valence-corrected chi connectivity index (χ4v) is 1.91. The molecule has 2 rings (SSSR count). The lowest BCUT2D eigenvalue weighted by Gasteiger charge is -2.19. The molecule has 7 heteroatoms. The Kier molecular flexibility index (Phi) is 4.97. The molecule has 0 saturated heterocycles. The molecule has 0 bridgehead atoms. The Bertz CT molecular complexity index is 600. The highest BCUT2D eigenvalue weighted by atomic mass is 19.1. The fourth-order valence-electron chi connectivity index (χ4n) is 1.91. The summed E-state index contributed by atoms with van der Waals surface area (Å²) in [6, 6.07) is 1.37. The number of aromatic nitrogens is 4. The maximum absolute atomic E-state index is 13.3. The average molecular weight is 290 g/mol. The molecule has 0 spiro atoms. The lowest BCUT2D eigenvalue weighted by molar-refractivity contribution is 0.621. The Labute approximate surface area is 123 Å². The molecular formula is C14H19FN6. The topological polar surface area (TPSA) is 66.8 Å². The standard InChI is InChI=1S/C14H19FN6/c1-4-17-13-18-12(10-7-11(15)9-16-8-10)19-14(20-13)21(5-2)6-3/h7-9H,4-6H2,1-3H3,(H,17,18,19,20). The number of pyridine rings is 1. The van der Waals surface area contributed by atoms with Crippen LogP contribution in [0, 0.1) is 5.82 Å². The Balaban J connectivity index is 2.49. The van der Waals surface area contributed by atoms with Crippen molar-refractivity contribution in [3.63, 3.8) is 0 Å². The minimum absolute atomic E-state index is 0.412. The molecule has 0 saturated carbocycles. The molecule has 0 amide bonds. The molecule has 0 aliphatic heterocycles. The summed E-state index contributed by atoms with van der Waals surface area (Å²) >= 11 is 0. The number of nitrogens with one attached hydrogen (secondary N) is 1. The Hall–Kier alpha value is -2.31. The van der Waals surface area contributed by atoms with Gasteiger partial charge in [-0.3, -0.25) is 4.98 Å². The van der Waals surface area contributed by atoms with Crippen molar-refractivity contribution in [1.29, 1.82) is 0 Å². The van der Waals surface area contributed by atoms with Crippen molar-refractivity contribution < 1.29 is 4.39 Å². The molecule has 2 aromatic heterocycles. The van der Waals surface area contributed by atoms with Crippen LogP contribution in [0.5, 0.6) is 0 Å². The molecule has 0 aliphatic carbocycles. The molecule has 0 atom stereocenters. The van der Waals surface area contributed by atoms with Crippen molar-refractivity contribution in [2.75, 3.05) is 29.9 Å². The number of hydrogen-bond acceptors (Lipinski definition) is 6. The molecule has 1 N–H and O–H groups in total. The van der Waals surface area contributed by atoms with Crippen LogP contribution in [0.25, 0.3) is 11.4 Å². The Morgan fingerprint density at radius 1 is 1.10 bits per heavy atom. The van der Waals surface area contributed by atoms with Crippen molar-refractivity contribution in [2.24, 2.45) is 0 Å². The molecule has 21 heavy (non-hydrogen) atoms. The van der Waals surface area contributed by atoms with Crippen LogP contribution < -0.4 is 10.2 Å². The van der Waals surface area contributed by atoms with E-state index in [9.17, 15) is 4.39 Å². The monoisotopic (exact) mass is 290 g/mol. The van der Waals surface area contributed by atoms with E-state index in [-0.39, 0.29) is 0 Å². The van der Waals surface area contributed by atoms with E-state index in [1.165, 1.54) is 6.07 Å². The minimum Gasteiger partial charge on any atom is -0.354 e. The van der Waals surface area contributed by atoms with Gasteiger partial charge in [0.2, 0.25) is 11.9 Å². The van der Waals surface area contributed by atoms with E-state index in [4.69, 9.17) is 0 Å². The maximum atomic E-state index is 13.3. The second-order valence-electron chi connectivity index (χ2n) is 4.38. The van der Waals surface area contributed by atoms with Gasteiger partial charge >= 0.3 is 0 Å². The highest BCUT2D eigenvalue weighted by Gasteiger charge is 2.12. The van der Waals surface area contributed by atoms with Gasteiger partial charge in [0.15, 0.2) is 5.82 Å². The van der Waals surface area contributed by atoms with Crippen LogP contribution in [0.4, 0.5) is 16.3 Å². The largest absolute Gasteiger partial charge is 0.354 e. The second kappa shape index (κ2) is 6.92. The number of nitrogens with zero attached hydrogens (tertiary/aromatic N) is 5. The number of anilines is 2. The van der Waals surface area contributed by atoms with Gasteiger partial charge < -0.3 is 10.2 Å². The first-order chi connectivity index (χ1) is 10.2. The first-order valence-electron chi connectivity index (χ1n) is 7.03. The SMILES string of the molecule is CCNc1nc(-c2cncc(F)c2)nc(N(CC)CC)n1. The normalized spacial score (nSPS) is 10.5. The first-order valence-corrected chi connectivity index (χ1v) is 7.03.